The number of pyridine rings is 1. The van der Waals surface area contributed by atoms with Crippen LogP contribution in [0.15, 0.2) is 65.5 Å². The minimum Gasteiger partial charge on any atom is -0.366 e. The van der Waals surface area contributed by atoms with Gasteiger partial charge in [0.25, 0.3) is 0 Å². The quantitative estimate of drug-likeness (QED) is 0.352. The van der Waals surface area contributed by atoms with Gasteiger partial charge in [-0.3, -0.25) is 19.6 Å². The number of carbonyl (C=O) groups excluding carboxylic acids is 1. The van der Waals surface area contributed by atoms with E-state index in [1.54, 1.807) is 11.3 Å². The molecule has 2 N–H and O–H groups in total. The number of amides is 1. The van der Waals surface area contributed by atoms with Gasteiger partial charge in [0.2, 0.25) is 5.91 Å². The first kappa shape index (κ1) is 24.6. The van der Waals surface area contributed by atoms with Crippen molar-refractivity contribution in [1.82, 2.24) is 14.8 Å². The number of primary amides is 1. The summed E-state index contributed by atoms with van der Waals surface area (Å²) >= 11 is 1.76. The topological polar surface area (TPSA) is 62.5 Å². The van der Waals surface area contributed by atoms with Gasteiger partial charge in [0.05, 0.1) is 11.6 Å². The van der Waals surface area contributed by atoms with E-state index in [0.717, 1.165) is 62.0 Å². The van der Waals surface area contributed by atoms with E-state index in [2.05, 4.69) is 70.8 Å². The summed E-state index contributed by atoms with van der Waals surface area (Å²) in [6.07, 6.45) is 3.52. The van der Waals surface area contributed by atoms with Crippen molar-refractivity contribution in [3.05, 3.63) is 98.9 Å². The highest BCUT2D eigenvalue weighted by Crippen LogP contribution is 2.37. The molecule has 0 bridgehead atoms. The Hall–Kier alpha value is -3.06. The van der Waals surface area contributed by atoms with Crippen molar-refractivity contribution >= 4 is 28.1 Å². The number of nitrogens with zero attached hydrogens (tertiary/aromatic N) is 3. The second-order valence-electron chi connectivity index (χ2n) is 9.50. The largest absolute Gasteiger partial charge is 0.366 e. The molecule has 3 heterocycles. The monoisotopic (exact) mass is 498 g/mol. The standard InChI is InChI=1S/C30H34N4OS/c1-3-23-24(4-2)26(30(31)35)11-10-25(23)29(27-9-5-7-22-8-6-13-32-28(22)27)34-16-14-33(15-17-34)19-21-12-18-36-20-21/h5-13,18,20,29H,3-4,14-17,19H2,1-2H3,(H2,31,35). The Balaban J connectivity index is 1.58. The molecule has 2 aromatic carbocycles. The van der Waals surface area contributed by atoms with Gasteiger partial charge in [-0.05, 0) is 64.1 Å². The molecule has 6 heteroatoms. The van der Waals surface area contributed by atoms with E-state index < -0.39 is 0 Å². The van der Waals surface area contributed by atoms with Crippen LogP contribution < -0.4 is 5.73 Å². The van der Waals surface area contributed by atoms with Crippen molar-refractivity contribution < 1.29 is 4.79 Å². The van der Waals surface area contributed by atoms with Gasteiger partial charge >= 0.3 is 0 Å². The number of hydrogen-bond acceptors (Lipinski definition) is 5. The second-order valence-corrected chi connectivity index (χ2v) is 10.3. The first-order valence-electron chi connectivity index (χ1n) is 12.9. The number of thiophene rings is 1. The number of para-hydroxylation sites is 1. The molecule has 5 rings (SSSR count). The van der Waals surface area contributed by atoms with Crippen LogP contribution in [0.3, 0.4) is 0 Å². The number of carbonyl (C=O) groups is 1. The highest BCUT2D eigenvalue weighted by Gasteiger charge is 2.30. The lowest BCUT2D eigenvalue weighted by Gasteiger charge is -2.40. The molecule has 1 aliphatic rings. The number of nitrogens with two attached hydrogens (primary N) is 1. The van der Waals surface area contributed by atoms with Crippen LogP contribution in [-0.4, -0.2) is 46.9 Å². The van der Waals surface area contributed by atoms with E-state index in [9.17, 15) is 4.79 Å². The molecule has 0 aliphatic carbocycles. The average Bonchev–Trinajstić information content (AvgIpc) is 3.42. The Labute approximate surface area is 217 Å². The number of aromatic nitrogens is 1. The number of rotatable bonds is 8. The van der Waals surface area contributed by atoms with E-state index in [4.69, 9.17) is 10.7 Å². The Morgan fingerprint density at radius 3 is 2.44 bits per heavy atom. The van der Waals surface area contributed by atoms with Crippen LogP contribution in [0, 0.1) is 0 Å². The number of piperazine rings is 1. The van der Waals surface area contributed by atoms with E-state index in [1.165, 1.54) is 22.3 Å². The Morgan fingerprint density at radius 1 is 0.972 bits per heavy atom. The van der Waals surface area contributed by atoms with Gasteiger partial charge in [-0.25, -0.2) is 0 Å². The smallest absolute Gasteiger partial charge is 0.248 e. The first-order chi connectivity index (χ1) is 17.6. The van der Waals surface area contributed by atoms with Crippen LogP contribution >= 0.6 is 11.3 Å². The molecule has 0 radical (unpaired) electrons. The lowest BCUT2D eigenvalue weighted by Crippen LogP contribution is -2.47. The molecule has 186 valence electrons. The zero-order valence-corrected chi connectivity index (χ0v) is 21.9. The van der Waals surface area contributed by atoms with Crippen LogP contribution in [-0.2, 0) is 19.4 Å². The Kier molecular flexibility index (Phi) is 7.46. The summed E-state index contributed by atoms with van der Waals surface area (Å²) in [5.74, 6) is -0.349. The van der Waals surface area contributed by atoms with E-state index in [-0.39, 0.29) is 11.9 Å². The summed E-state index contributed by atoms with van der Waals surface area (Å²) in [7, 11) is 0. The maximum Gasteiger partial charge on any atom is 0.248 e. The second kappa shape index (κ2) is 10.9. The molecule has 1 aliphatic heterocycles. The molecular weight excluding hydrogens is 464 g/mol. The van der Waals surface area contributed by atoms with Crippen molar-refractivity contribution in [2.45, 2.75) is 39.3 Å². The maximum absolute atomic E-state index is 12.2. The van der Waals surface area contributed by atoms with Gasteiger partial charge in [-0.1, -0.05) is 44.2 Å². The lowest BCUT2D eigenvalue weighted by molar-refractivity contribution is 0.0998. The fourth-order valence-electron chi connectivity index (χ4n) is 5.75. The van der Waals surface area contributed by atoms with Gasteiger partial charge in [0.1, 0.15) is 0 Å². The molecule has 1 unspecified atom stereocenters. The minimum absolute atomic E-state index is 0.0640. The molecule has 0 spiro atoms. The number of hydrogen-bond donors (Lipinski definition) is 1. The average molecular weight is 499 g/mol. The normalized spacial score (nSPS) is 15.8. The molecule has 1 saturated heterocycles. The highest BCUT2D eigenvalue weighted by atomic mass is 32.1. The van der Waals surface area contributed by atoms with Crippen LogP contribution in [0.4, 0.5) is 0 Å². The van der Waals surface area contributed by atoms with Crippen molar-refractivity contribution in [3.8, 4) is 0 Å². The summed E-state index contributed by atoms with van der Waals surface area (Å²) in [6, 6.07) is 17.0. The van der Waals surface area contributed by atoms with Gasteiger partial charge in [0, 0.05) is 55.4 Å². The summed E-state index contributed by atoms with van der Waals surface area (Å²) in [5, 5.41) is 5.55. The summed E-state index contributed by atoms with van der Waals surface area (Å²) in [6.45, 7) is 9.28. The molecule has 1 atom stereocenters. The molecule has 36 heavy (non-hydrogen) atoms. The Bertz CT molecular complexity index is 1340. The van der Waals surface area contributed by atoms with Crippen molar-refractivity contribution in [3.63, 3.8) is 0 Å². The predicted molar refractivity (Wildman–Crippen MR) is 148 cm³/mol. The molecule has 0 saturated carbocycles. The van der Waals surface area contributed by atoms with Crippen LogP contribution in [0.2, 0.25) is 0 Å². The van der Waals surface area contributed by atoms with Gasteiger partial charge in [-0.15, -0.1) is 0 Å². The number of benzene rings is 2. The van der Waals surface area contributed by atoms with Gasteiger partial charge in [0.15, 0.2) is 0 Å². The molecule has 1 fully saturated rings. The predicted octanol–water partition coefficient (Wildman–Crippen LogP) is 5.43. The van der Waals surface area contributed by atoms with E-state index in [0.29, 0.717) is 5.56 Å². The van der Waals surface area contributed by atoms with Crippen LogP contribution in [0.5, 0.6) is 0 Å². The van der Waals surface area contributed by atoms with Crippen LogP contribution in [0.1, 0.15) is 58.1 Å². The lowest BCUT2D eigenvalue weighted by atomic mass is 9.85. The first-order valence-corrected chi connectivity index (χ1v) is 13.8. The molecular formula is C30H34N4OS. The van der Waals surface area contributed by atoms with Crippen LogP contribution in [0.25, 0.3) is 10.9 Å². The fourth-order valence-corrected chi connectivity index (χ4v) is 6.41. The highest BCUT2D eigenvalue weighted by molar-refractivity contribution is 7.07. The maximum atomic E-state index is 12.2. The molecule has 2 aromatic heterocycles. The van der Waals surface area contributed by atoms with Gasteiger partial charge in [-0.2, -0.15) is 11.3 Å². The van der Waals surface area contributed by atoms with E-state index >= 15 is 0 Å². The third kappa shape index (κ3) is 4.81. The fraction of sp³-hybridized carbons (Fsp3) is 0.333. The Morgan fingerprint density at radius 2 is 1.75 bits per heavy atom. The molecule has 1 amide bonds. The summed E-state index contributed by atoms with van der Waals surface area (Å²) < 4.78 is 0. The summed E-state index contributed by atoms with van der Waals surface area (Å²) in [5.41, 5.74) is 13.7. The zero-order chi connectivity index (χ0) is 25.1. The third-order valence-electron chi connectivity index (χ3n) is 7.45. The van der Waals surface area contributed by atoms with Crippen molar-refractivity contribution in [2.24, 2.45) is 5.73 Å². The minimum atomic E-state index is -0.349. The van der Waals surface area contributed by atoms with Crippen molar-refractivity contribution in [1.29, 1.82) is 0 Å². The number of fused-ring (bicyclic) bond motifs is 1. The SMILES string of the molecule is CCc1c(C(N)=O)ccc(C(c2cccc3cccnc23)N2CCN(Cc3ccsc3)CC2)c1CC. The van der Waals surface area contributed by atoms with E-state index in [1.807, 2.05) is 18.3 Å². The zero-order valence-electron chi connectivity index (χ0n) is 21.1. The van der Waals surface area contributed by atoms with Crippen molar-refractivity contribution in [2.75, 3.05) is 26.2 Å². The van der Waals surface area contributed by atoms with Gasteiger partial charge < -0.3 is 5.73 Å². The molecule has 4 aromatic rings. The molecule has 5 nitrogen and oxygen atoms in total. The summed E-state index contributed by atoms with van der Waals surface area (Å²) in [4.78, 5) is 22.2. The third-order valence-corrected chi connectivity index (χ3v) is 8.18.